The van der Waals surface area contributed by atoms with E-state index in [0.29, 0.717) is 5.56 Å². The second kappa shape index (κ2) is 11.1. The first-order valence-electron chi connectivity index (χ1n) is 11.9. The van der Waals surface area contributed by atoms with Crippen molar-refractivity contribution in [2.75, 3.05) is 13.7 Å². The fourth-order valence-electron chi connectivity index (χ4n) is 4.58. The molecule has 0 fully saturated rings. The first kappa shape index (κ1) is 25.0. The number of hydrogen-bond donors (Lipinski definition) is 2. The Morgan fingerprint density at radius 3 is 1.92 bits per heavy atom. The van der Waals surface area contributed by atoms with E-state index in [1.165, 1.54) is 7.11 Å². The predicted molar refractivity (Wildman–Crippen MR) is 136 cm³/mol. The molecular weight excluding hydrogens is 456 g/mol. The normalized spacial score (nSPS) is 13.8. The molecule has 7 heteroatoms. The molecule has 2 atom stereocenters. The minimum atomic E-state index is -0.991. The highest BCUT2D eigenvalue weighted by Crippen LogP contribution is 2.44. The molecule has 0 saturated heterocycles. The molecule has 3 aromatic carbocycles. The molecule has 0 unspecified atom stereocenters. The average molecular weight is 487 g/mol. The summed E-state index contributed by atoms with van der Waals surface area (Å²) in [5.41, 5.74) is 5.07. The summed E-state index contributed by atoms with van der Waals surface area (Å²) < 4.78 is 10.5. The van der Waals surface area contributed by atoms with Gasteiger partial charge in [0.2, 0.25) is 5.91 Å². The molecule has 0 aliphatic heterocycles. The van der Waals surface area contributed by atoms with E-state index in [4.69, 9.17) is 9.47 Å². The summed E-state index contributed by atoms with van der Waals surface area (Å²) in [4.78, 5) is 38.3. The van der Waals surface area contributed by atoms with Crippen LogP contribution < -0.4 is 10.6 Å². The highest BCUT2D eigenvalue weighted by molar-refractivity contribution is 5.90. The molecule has 1 aliphatic rings. The second-order valence-corrected chi connectivity index (χ2v) is 9.07. The molecule has 0 aromatic heterocycles. The lowest BCUT2D eigenvalue weighted by molar-refractivity contribution is -0.145. The van der Waals surface area contributed by atoms with Crippen LogP contribution in [0.3, 0.4) is 0 Å². The van der Waals surface area contributed by atoms with Gasteiger partial charge in [0, 0.05) is 5.92 Å². The second-order valence-electron chi connectivity index (χ2n) is 9.07. The van der Waals surface area contributed by atoms with Crippen LogP contribution in [0.15, 0.2) is 78.9 Å². The highest BCUT2D eigenvalue weighted by atomic mass is 16.5. The summed E-state index contributed by atoms with van der Waals surface area (Å²) in [5.74, 6) is -1.44. The molecule has 0 bridgehead atoms. The summed E-state index contributed by atoms with van der Waals surface area (Å²) in [6.07, 6.45) is -0.694. The van der Waals surface area contributed by atoms with E-state index in [-0.39, 0.29) is 18.4 Å². The van der Waals surface area contributed by atoms with Crippen LogP contribution in [0.1, 0.15) is 42.5 Å². The first-order valence-corrected chi connectivity index (χ1v) is 11.9. The maximum absolute atomic E-state index is 13.1. The summed E-state index contributed by atoms with van der Waals surface area (Å²) in [7, 11) is 1.26. The molecule has 0 spiro atoms. The first-order chi connectivity index (χ1) is 17.4. The molecule has 36 heavy (non-hydrogen) atoms. The monoisotopic (exact) mass is 486 g/mol. The lowest BCUT2D eigenvalue weighted by Crippen LogP contribution is -2.51. The van der Waals surface area contributed by atoms with Crippen LogP contribution in [0.5, 0.6) is 0 Å². The van der Waals surface area contributed by atoms with Gasteiger partial charge < -0.3 is 20.1 Å². The van der Waals surface area contributed by atoms with Gasteiger partial charge in [-0.15, -0.1) is 0 Å². The number of esters is 1. The van der Waals surface area contributed by atoms with Gasteiger partial charge in [-0.3, -0.25) is 4.79 Å². The third kappa shape index (κ3) is 5.25. The van der Waals surface area contributed by atoms with Crippen molar-refractivity contribution in [1.29, 1.82) is 0 Å². The number of ether oxygens (including phenoxy) is 2. The molecule has 0 radical (unpaired) electrons. The Kier molecular flexibility index (Phi) is 7.68. The number of alkyl carbamates (subject to hydrolysis) is 1. The van der Waals surface area contributed by atoms with Gasteiger partial charge in [-0.05, 0) is 33.7 Å². The lowest BCUT2D eigenvalue weighted by atomic mass is 9.98. The van der Waals surface area contributed by atoms with Crippen molar-refractivity contribution in [3.05, 3.63) is 95.6 Å². The van der Waals surface area contributed by atoms with Crippen LogP contribution in [-0.4, -0.2) is 37.7 Å². The van der Waals surface area contributed by atoms with Gasteiger partial charge >= 0.3 is 12.1 Å². The van der Waals surface area contributed by atoms with Crippen LogP contribution >= 0.6 is 0 Å². The Morgan fingerprint density at radius 2 is 1.36 bits per heavy atom. The molecule has 7 nitrogen and oxygen atoms in total. The van der Waals surface area contributed by atoms with E-state index in [1.807, 2.05) is 56.3 Å². The molecule has 2 amide bonds. The Morgan fingerprint density at radius 1 is 0.806 bits per heavy atom. The molecule has 3 aromatic rings. The Balaban J connectivity index is 1.43. The van der Waals surface area contributed by atoms with Crippen LogP contribution in [0, 0.1) is 5.92 Å². The zero-order valence-corrected chi connectivity index (χ0v) is 20.6. The molecular formula is C29H30N2O5. The van der Waals surface area contributed by atoms with Gasteiger partial charge in [-0.25, -0.2) is 9.59 Å². The molecule has 0 heterocycles. The number of nitrogens with one attached hydrogen (secondary N) is 2. The van der Waals surface area contributed by atoms with Gasteiger partial charge in [0.05, 0.1) is 7.11 Å². The van der Waals surface area contributed by atoms with Gasteiger partial charge in [-0.2, -0.15) is 0 Å². The third-order valence-corrected chi connectivity index (χ3v) is 6.42. The van der Waals surface area contributed by atoms with Crippen LogP contribution in [-0.2, 0) is 19.1 Å². The molecule has 0 saturated carbocycles. The van der Waals surface area contributed by atoms with Crippen molar-refractivity contribution in [1.82, 2.24) is 10.6 Å². The van der Waals surface area contributed by atoms with Crippen molar-refractivity contribution < 1.29 is 23.9 Å². The van der Waals surface area contributed by atoms with E-state index in [1.54, 1.807) is 24.3 Å². The minimum Gasteiger partial charge on any atom is -0.467 e. The van der Waals surface area contributed by atoms with Crippen LogP contribution in [0.2, 0.25) is 0 Å². The van der Waals surface area contributed by atoms with E-state index >= 15 is 0 Å². The minimum absolute atomic E-state index is 0.0868. The summed E-state index contributed by atoms with van der Waals surface area (Å²) in [6, 6.07) is 23.1. The smallest absolute Gasteiger partial charge is 0.407 e. The molecule has 1 aliphatic carbocycles. The molecule has 186 valence electrons. The SMILES string of the molecule is COC(=O)[C@@H](NC(=O)[C@@H](NC(=O)OCC1c2ccccc2-c2ccccc21)C(C)C)c1ccccc1. The summed E-state index contributed by atoms with van der Waals surface area (Å²) >= 11 is 0. The number of rotatable bonds is 8. The van der Waals surface area contributed by atoms with Crippen molar-refractivity contribution in [2.45, 2.75) is 31.8 Å². The number of carbonyl (C=O) groups excluding carboxylic acids is 3. The van der Waals surface area contributed by atoms with E-state index < -0.39 is 30.1 Å². The summed E-state index contributed by atoms with van der Waals surface area (Å²) in [5, 5.41) is 5.39. The highest BCUT2D eigenvalue weighted by Gasteiger charge is 2.32. The van der Waals surface area contributed by atoms with Crippen molar-refractivity contribution in [2.24, 2.45) is 5.92 Å². The van der Waals surface area contributed by atoms with Crippen molar-refractivity contribution >= 4 is 18.0 Å². The average Bonchev–Trinajstić information content (AvgIpc) is 3.22. The zero-order chi connectivity index (χ0) is 25.7. The Hall–Kier alpha value is -4.13. The number of fused-ring (bicyclic) bond motifs is 3. The van der Waals surface area contributed by atoms with Crippen molar-refractivity contribution in [3.63, 3.8) is 0 Å². The van der Waals surface area contributed by atoms with E-state index in [0.717, 1.165) is 22.3 Å². The molecule has 4 rings (SSSR count). The van der Waals surface area contributed by atoms with Gasteiger partial charge in [0.1, 0.15) is 12.6 Å². The quantitative estimate of drug-likeness (QED) is 0.455. The predicted octanol–water partition coefficient (Wildman–Crippen LogP) is 4.58. The fourth-order valence-corrected chi connectivity index (χ4v) is 4.58. The largest absolute Gasteiger partial charge is 0.467 e. The van der Waals surface area contributed by atoms with Gasteiger partial charge in [0.15, 0.2) is 6.04 Å². The topological polar surface area (TPSA) is 93.7 Å². The van der Waals surface area contributed by atoms with Crippen molar-refractivity contribution in [3.8, 4) is 11.1 Å². The Labute approximate surface area is 210 Å². The summed E-state index contributed by atoms with van der Waals surface area (Å²) in [6.45, 7) is 3.76. The van der Waals surface area contributed by atoms with Crippen LogP contribution in [0.4, 0.5) is 4.79 Å². The maximum atomic E-state index is 13.1. The number of hydrogen-bond acceptors (Lipinski definition) is 5. The van der Waals surface area contributed by atoms with Gasteiger partial charge in [0.25, 0.3) is 0 Å². The number of amides is 2. The number of methoxy groups -OCH3 is 1. The standard InChI is InChI=1S/C29H30N2O5/c1-18(2)25(27(32)30-26(28(33)35-3)19-11-5-4-6-12-19)31-29(34)36-17-24-22-15-9-7-13-20(22)21-14-8-10-16-23(21)24/h4-16,18,24-26H,17H2,1-3H3,(H,30,32)(H,31,34)/t25-,26-/m0/s1. The zero-order valence-electron chi connectivity index (χ0n) is 20.6. The maximum Gasteiger partial charge on any atom is 0.407 e. The van der Waals surface area contributed by atoms with E-state index in [9.17, 15) is 14.4 Å². The fraction of sp³-hybridized carbons (Fsp3) is 0.276. The van der Waals surface area contributed by atoms with Gasteiger partial charge in [-0.1, -0.05) is 92.7 Å². The lowest BCUT2D eigenvalue weighted by Gasteiger charge is -2.25. The number of benzene rings is 3. The number of carbonyl (C=O) groups is 3. The molecule has 2 N–H and O–H groups in total. The third-order valence-electron chi connectivity index (χ3n) is 6.42. The van der Waals surface area contributed by atoms with E-state index in [2.05, 4.69) is 22.8 Å². The van der Waals surface area contributed by atoms with Crippen LogP contribution in [0.25, 0.3) is 11.1 Å². The Bertz CT molecular complexity index is 1200.